The first kappa shape index (κ1) is 6.62. The van der Waals surface area contributed by atoms with Gasteiger partial charge in [0.2, 0.25) is 0 Å². The Labute approximate surface area is 70.8 Å². The Bertz CT molecular complexity index is 313. The van der Waals surface area contributed by atoms with Gasteiger partial charge in [-0.2, -0.15) is 0 Å². The number of imidazole rings is 1. The third-order valence-corrected chi connectivity index (χ3v) is 3.02. The number of rotatable bonds is 0. The molecule has 0 amide bonds. The molecule has 2 aliphatic heterocycles. The fraction of sp³-hybridized carbons (Fsp3) is 0.625. The van der Waals surface area contributed by atoms with Crippen molar-refractivity contribution in [3.63, 3.8) is 0 Å². The molecule has 3 N–H and O–H groups in total. The molecule has 3 heterocycles. The predicted molar refractivity (Wildman–Crippen MR) is 44.6 cm³/mol. The monoisotopic (exact) mass is 164 g/mol. The van der Waals surface area contributed by atoms with Crippen LogP contribution in [0.2, 0.25) is 0 Å². The Balaban J connectivity index is 2.13. The van der Waals surface area contributed by atoms with Gasteiger partial charge in [0, 0.05) is 25.5 Å². The molecule has 1 saturated heterocycles. The number of nitrogens with one attached hydrogen (secondary N) is 1. The molecule has 1 aromatic rings. The highest BCUT2D eigenvalue weighted by atomic mass is 15.3. The number of nitrogens with two attached hydrogens (primary N) is 1. The second kappa shape index (κ2) is 1.89. The van der Waals surface area contributed by atoms with Crippen LogP contribution in [0.1, 0.15) is 18.3 Å². The van der Waals surface area contributed by atoms with Gasteiger partial charge < -0.3 is 15.6 Å². The Kier molecular flexibility index (Phi) is 1.04. The lowest BCUT2D eigenvalue weighted by Gasteiger charge is -2.40. The largest absolute Gasteiger partial charge is 0.325 e. The molecular formula is C8H12N4. The molecule has 1 aromatic heterocycles. The van der Waals surface area contributed by atoms with Gasteiger partial charge in [0.25, 0.3) is 0 Å². The third-order valence-electron chi connectivity index (χ3n) is 3.02. The third kappa shape index (κ3) is 0.585. The number of hydrogen-bond donors (Lipinski definition) is 2. The first-order valence-corrected chi connectivity index (χ1v) is 4.32. The maximum atomic E-state index is 5.96. The van der Waals surface area contributed by atoms with Gasteiger partial charge in [0.15, 0.2) is 0 Å². The molecule has 0 aliphatic carbocycles. The molecule has 0 bridgehead atoms. The second-order valence-electron chi connectivity index (χ2n) is 3.79. The lowest BCUT2D eigenvalue weighted by atomic mass is 9.89. The van der Waals surface area contributed by atoms with Gasteiger partial charge in [-0.15, -0.1) is 0 Å². The topological polar surface area (TPSA) is 55.9 Å². The van der Waals surface area contributed by atoms with E-state index in [0.29, 0.717) is 0 Å². The predicted octanol–water partition coefficient (Wildman–Crippen LogP) is -0.415. The van der Waals surface area contributed by atoms with Crippen LogP contribution in [0, 0.1) is 0 Å². The maximum absolute atomic E-state index is 5.96. The molecule has 64 valence electrons. The van der Waals surface area contributed by atoms with E-state index in [9.17, 15) is 0 Å². The molecule has 1 atom stereocenters. The van der Waals surface area contributed by atoms with Gasteiger partial charge in [-0.1, -0.05) is 0 Å². The van der Waals surface area contributed by atoms with Crippen LogP contribution in [0.4, 0.5) is 0 Å². The zero-order valence-electron chi connectivity index (χ0n) is 6.83. The van der Waals surface area contributed by atoms with Crippen LogP contribution < -0.4 is 11.1 Å². The standard InChI is InChI=1S/C8H12N4/c9-6-3-8(4-10-5-8)12-2-1-11-7(6)12/h1-2,6,10H,3-5,9H2. The van der Waals surface area contributed by atoms with Gasteiger partial charge in [-0.25, -0.2) is 4.98 Å². The first-order valence-electron chi connectivity index (χ1n) is 4.32. The van der Waals surface area contributed by atoms with E-state index < -0.39 is 0 Å². The summed E-state index contributed by atoms with van der Waals surface area (Å²) in [4.78, 5) is 4.27. The van der Waals surface area contributed by atoms with Crippen LogP contribution in [0.15, 0.2) is 12.4 Å². The Morgan fingerprint density at radius 1 is 1.67 bits per heavy atom. The molecule has 0 radical (unpaired) electrons. The van der Waals surface area contributed by atoms with Crippen LogP contribution in [0.3, 0.4) is 0 Å². The van der Waals surface area contributed by atoms with Gasteiger partial charge in [0.05, 0.1) is 11.6 Å². The zero-order valence-corrected chi connectivity index (χ0v) is 6.83. The van der Waals surface area contributed by atoms with Crippen LogP contribution in [0.25, 0.3) is 0 Å². The molecule has 4 nitrogen and oxygen atoms in total. The number of fused-ring (bicyclic) bond motifs is 2. The fourth-order valence-electron chi connectivity index (χ4n) is 2.32. The summed E-state index contributed by atoms with van der Waals surface area (Å²) in [5, 5.41) is 3.29. The Morgan fingerprint density at radius 2 is 2.50 bits per heavy atom. The summed E-state index contributed by atoms with van der Waals surface area (Å²) in [5.41, 5.74) is 6.23. The number of aromatic nitrogens is 2. The highest BCUT2D eigenvalue weighted by molar-refractivity contribution is 5.17. The molecule has 4 heteroatoms. The van der Waals surface area contributed by atoms with E-state index in [-0.39, 0.29) is 11.6 Å². The minimum absolute atomic E-state index is 0.141. The van der Waals surface area contributed by atoms with E-state index in [1.54, 1.807) is 0 Å². The van der Waals surface area contributed by atoms with Gasteiger partial charge in [0.1, 0.15) is 5.82 Å². The van der Waals surface area contributed by atoms with E-state index in [4.69, 9.17) is 5.73 Å². The molecule has 1 unspecified atom stereocenters. The molecule has 2 aliphatic rings. The van der Waals surface area contributed by atoms with Gasteiger partial charge in [-0.3, -0.25) is 0 Å². The normalized spacial score (nSPS) is 30.2. The molecule has 0 saturated carbocycles. The molecule has 12 heavy (non-hydrogen) atoms. The van der Waals surface area contributed by atoms with Crippen LogP contribution in [0.5, 0.6) is 0 Å². The average molecular weight is 164 g/mol. The van der Waals surface area contributed by atoms with Crippen molar-refractivity contribution in [3.8, 4) is 0 Å². The number of nitrogens with zero attached hydrogens (tertiary/aromatic N) is 2. The van der Waals surface area contributed by atoms with Gasteiger partial charge in [-0.05, 0) is 6.42 Å². The van der Waals surface area contributed by atoms with Crippen molar-refractivity contribution in [1.29, 1.82) is 0 Å². The summed E-state index contributed by atoms with van der Waals surface area (Å²) in [7, 11) is 0. The molecule has 1 spiro atoms. The highest BCUT2D eigenvalue weighted by Gasteiger charge is 2.46. The van der Waals surface area contributed by atoms with E-state index >= 15 is 0 Å². The quantitative estimate of drug-likeness (QED) is 0.548. The van der Waals surface area contributed by atoms with Crippen molar-refractivity contribution in [1.82, 2.24) is 14.9 Å². The van der Waals surface area contributed by atoms with E-state index in [2.05, 4.69) is 14.9 Å². The highest BCUT2D eigenvalue weighted by Crippen LogP contribution is 2.39. The van der Waals surface area contributed by atoms with E-state index in [0.717, 1.165) is 25.3 Å². The summed E-state index contributed by atoms with van der Waals surface area (Å²) in [6.07, 6.45) is 4.93. The smallest absolute Gasteiger partial charge is 0.126 e. The Morgan fingerprint density at radius 3 is 3.17 bits per heavy atom. The SMILES string of the molecule is NC1CC2(CNC2)n2ccnc21. The average Bonchev–Trinajstić information content (AvgIpc) is 2.49. The summed E-state index contributed by atoms with van der Waals surface area (Å²) in [6.45, 7) is 2.09. The summed E-state index contributed by atoms with van der Waals surface area (Å²) in [5.74, 6) is 1.05. The molecule has 0 aromatic carbocycles. The maximum Gasteiger partial charge on any atom is 0.126 e. The first-order chi connectivity index (χ1) is 5.82. The fourth-order valence-corrected chi connectivity index (χ4v) is 2.32. The number of hydrogen-bond acceptors (Lipinski definition) is 3. The van der Waals surface area contributed by atoms with E-state index in [1.165, 1.54) is 0 Å². The summed E-state index contributed by atoms with van der Waals surface area (Å²) >= 11 is 0. The minimum atomic E-state index is 0.141. The van der Waals surface area contributed by atoms with Crippen molar-refractivity contribution in [2.24, 2.45) is 5.73 Å². The molecule has 3 rings (SSSR count). The lowest BCUT2D eigenvalue weighted by molar-refractivity contribution is 0.181. The van der Waals surface area contributed by atoms with E-state index in [1.807, 2.05) is 12.4 Å². The summed E-state index contributed by atoms with van der Waals surface area (Å²) < 4.78 is 2.24. The van der Waals surface area contributed by atoms with Crippen LogP contribution in [-0.2, 0) is 5.54 Å². The van der Waals surface area contributed by atoms with Crippen molar-refractivity contribution < 1.29 is 0 Å². The second-order valence-corrected chi connectivity index (χ2v) is 3.79. The summed E-state index contributed by atoms with van der Waals surface area (Å²) in [6, 6.07) is 0.141. The molecular weight excluding hydrogens is 152 g/mol. The van der Waals surface area contributed by atoms with Gasteiger partial charge >= 0.3 is 0 Å². The lowest BCUT2D eigenvalue weighted by Crippen LogP contribution is -2.58. The Hall–Kier alpha value is -0.870. The van der Waals surface area contributed by atoms with Crippen molar-refractivity contribution in [2.75, 3.05) is 13.1 Å². The van der Waals surface area contributed by atoms with Crippen LogP contribution >= 0.6 is 0 Å². The van der Waals surface area contributed by atoms with Crippen LogP contribution in [-0.4, -0.2) is 22.6 Å². The van der Waals surface area contributed by atoms with Crippen molar-refractivity contribution in [2.45, 2.75) is 18.0 Å². The van der Waals surface area contributed by atoms with Crippen molar-refractivity contribution in [3.05, 3.63) is 18.2 Å². The zero-order chi connectivity index (χ0) is 8.18. The van der Waals surface area contributed by atoms with Crippen molar-refractivity contribution >= 4 is 0 Å². The minimum Gasteiger partial charge on any atom is -0.325 e. The molecule has 1 fully saturated rings.